The van der Waals surface area contributed by atoms with E-state index in [2.05, 4.69) is 23.6 Å². The molecule has 0 aliphatic carbocycles. The van der Waals surface area contributed by atoms with Gasteiger partial charge in [0.1, 0.15) is 13.2 Å². The second-order valence-corrected chi connectivity index (χ2v) is 6.10. The minimum atomic E-state index is -0.601. The van der Waals surface area contributed by atoms with E-state index in [9.17, 15) is 9.59 Å². The van der Waals surface area contributed by atoms with E-state index in [4.69, 9.17) is 15.2 Å². The molecule has 27 heavy (non-hydrogen) atoms. The first kappa shape index (κ1) is 22.9. The number of benzene rings is 1. The molecule has 0 unspecified atom stereocenters. The summed E-state index contributed by atoms with van der Waals surface area (Å²) >= 11 is 0. The highest BCUT2D eigenvalue weighted by Gasteiger charge is 2.22. The van der Waals surface area contributed by atoms with Crippen molar-refractivity contribution in [3.8, 4) is 0 Å². The summed E-state index contributed by atoms with van der Waals surface area (Å²) in [6.45, 7) is 13.5. The lowest BCUT2D eigenvalue weighted by molar-refractivity contribution is 0.0421. The van der Waals surface area contributed by atoms with Gasteiger partial charge in [-0.3, -0.25) is 0 Å². The van der Waals surface area contributed by atoms with Crippen molar-refractivity contribution in [1.29, 1.82) is 0 Å². The molecule has 152 valence electrons. The van der Waals surface area contributed by atoms with Crippen molar-refractivity contribution >= 4 is 17.6 Å². The average Bonchev–Trinajstić information content (AvgIpc) is 2.68. The van der Waals surface area contributed by atoms with Crippen molar-refractivity contribution in [2.45, 2.75) is 27.7 Å². The van der Waals surface area contributed by atoms with Gasteiger partial charge in [-0.1, -0.05) is 33.8 Å². The SMILES string of the molecule is CCN(CC)CCOC(=O)c1cccc(N)c1C(=O)OCCN(CC)CC. The fraction of sp³-hybridized carbons (Fsp3) is 0.600. The summed E-state index contributed by atoms with van der Waals surface area (Å²) in [5.74, 6) is -1.17. The number of carbonyl (C=O) groups excluding carboxylic acids is 2. The van der Waals surface area contributed by atoms with Gasteiger partial charge in [0.05, 0.1) is 11.1 Å². The number of nitrogens with zero attached hydrogens (tertiary/aromatic N) is 2. The van der Waals surface area contributed by atoms with Gasteiger partial charge in [-0.05, 0) is 38.3 Å². The normalized spacial score (nSPS) is 11.0. The van der Waals surface area contributed by atoms with Crippen LogP contribution in [0.1, 0.15) is 48.4 Å². The maximum Gasteiger partial charge on any atom is 0.341 e. The molecule has 0 fully saturated rings. The molecule has 0 amide bonds. The molecule has 0 aliphatic rings. The predicted octanol–water partition coefficient (Wildman–Crippen LogP) is 2.27. The fourth-order valence-electron chi connectivity index (χ4n) is 2.73. The molecule has 0 bridgehead atoms. The van der Waals surface area contributed by atoms with Crippen molar-refractivity contribution in [2.24, 2.45) is 0 Å². The molecule has 1 aromatic carbocycles. The molecule has 1 aromatic rings. The van der Waals surface area contributed by atoms with Gasteiger partial charge in [-0.2, -0.15) is 0 Å². The Hall–Kier alpha value is -2.12. The third kappa shape index (κ3) is 7.19. The van der Waals surface area contributed by atoms with Crippen molar-refractivity contribution in [1.82, 2.24) is 9.80 Å². The van der Waals surface area contributed by atoms with Crippen LogP contribution in [-0.4, -0.2) is 74.2 Å². The number of esters is 2. The molecule has 0 aromatic heterocycles. The molecule has 0 spiro atoms. The van der Waals surface area contributed by atoms with Crippen molar-refractivity contribution in [3.05, 3.63) is 29.3 Å². The Kier molecular flexibility index (Phi) is 10.4. The van der Waals surface area contributed by atoms with E-state index in [0.29, 0.717) is 13.1 Å². The second kappa shape index (κ2) is 12.3. The summed E-state index contributed by atoms with van der Waals surface area (Å²) < 4.78 is 10.7. The molecule has 7 heteroatoms. The maximum absolute atomic E-state index is 12.5. The Morgan fingerprint density at radius 3 is 1.81 bits per heavy atom. The quantitative estimate of drug-likeness (QED) is 0.440. The van der Waals surface area contributed by atoms with E-state index in [1.807, 2.05) is 13.8 Å². The number of ether oxygens (including phenoxy) is 2. The number of anilines is 1. The number of likely N-dealkylation sites (N-methyl/N-ethyl adjacent to an activating group) is 2. The maximum atomic E-state index is 12.5. The van der Waals surface area contributed by atoms with Gasteiger partial charge < -0.3 is 25.0 Å². The number of rotatable bonds is 12. The van der Waals surface area contributed by atoms with Crippen LogP contribution in [0.2, 0.25) is 0 Å². The number of carbonyl (C=O) groups is 2. The molecular weight excluding hydrogens is 346 g/mol. The molecule has 2 N–H and O–H groups in total. The van der Waals surface area contributed by atoms with Gasteiger partial charge in [0.15, 0.2) is 0 Å². The Bertz CT molecular complexity index is 599. The van der Waals surface area contributed by atoms with E-state index in [-0.39, 0.29) is 30.0 Å². The second-order valence-electron chi connectivity index (χ2n) is 6.10. The highest BCUT2D eigenvalue weighted by molar-refractivity contribution is 6.06. The van der Waals surface area contributed by atoms with E-state index >= 15 is 0 Å². The standard InChI is InChI=1S/C20H33N3O4/c1-5-22(6-2)12-14-26-19(24)16-10-9-11-17(21)18(16)20(25)27-15-13-23(7-3)8-4/h9-11H,5-8,12-15,21H2,1-4H3. The zero-order valence-corrected chi connectivity index (χ0v) is 17.0. The van der Waals surface area contributed by atoms with Gasteiger partial charge in [0.25, 0.3) is 0 Å². The number of hydrogen-bond donors (Lipinski definition) is 1. The van der Waals surface area contributed by atoms with E-state index in [1.165, 1.54) is 6.07 Å². The Morgan fingerprint density at radius 1 is 0.852 bits per heavy atom. The topological polar surface area (TPSA) is 85.1 Å². The molecule has 0 atom stereocenters. The van der Waals surface area contributed by atoms with Crippen molar-refractivity contribution in [2.75, 3.05) is 58.2 Å². The smallest absolute Gasteiger partial charge is 0.341 e. The Balaban J connectivity index is 2.75. The van der Waals surface area contributed by atoms with E-state index in [0.717, 1.165) is 26.2 Å². The lowest BCUT2D eigenvalue weighted by atomic mass is 10.1. The Labute approximate surface area is 162 Å². The summed E-state index contributed by atoms with van der Waals surface area (Å²) in [7, 11) is 0. The highest BCUT2D eigenvalue weighted by Crippen LogP contribution is 2.19. The summed E-state index contributed by atoms with van der Waals surface area (Å²) in [6.07, 6.45) is 0. The number of nitrogen functional groups attached to an aromatic ring is 1. The van der Waals surface area contributed by atoms with Crippen molar-refractivity contribution < 1.29 is 19.1 Å². The molecule has 0 saturated heterocycles. The summed E-state index contributed by atoms with van der Waals surface area (Å²) in [4.78, 5) is 29.2. The van der Waals surface area contributed by atoms with Gasteiger partial charge in [0.2, 0.25) is 0 Å². The largest absolute Gasteiger partial charge is 0.461 e. The van der Waals surface area contributed by atoms with Crippen molar-refractivity contribution in [3.63, 3.8) is 0 Å². The summed E-state index contributed by atoms with van der Waals surface area (Å²) in [5.41, 5.74) is 6.36. The van der Waals surface area contributed by atoms with Crippen LogP contribution in [0.3, 0.4) is 0 Å². The summed E-state index contributed by atoms with van der Waals surface area (Å²) in [6, 6.07) is 4.74. The highest BCUT2D eigenvalue weighted by atomic mass is 16.5. The predicted molar refractivity (Wildman–Crippen MR) is 107 cm³/mol. The molecule has 0 aliphatic heterocycles. The van der Waals surface area contributed by atoms with Crippen LogP contribution in [0.4, 0.5) is 5.69 Å². The molecular formula is C20H33N3O4. The first-order valence-electron chi connectivity index (χ1n) is 9.65. The van der Waals surface area contributed by atoms with Gasteiger partial charge >= 0.3 is 11.9 Å². The van der Waals surface area contributed by atoms with Crippen LogP contribution >= 0.6 is 0 Å². The summed E-state index contributed by atoms with van der Waals surface area (Å²) in [5, 5.41) is 0. The average molecular weight is 380 g/mol. The van der Waals surface area contributed by atoms with E-state index in [1.54, 1.807) is 12.1 Å². The lowest BCUT2D eigenvalue weighted by Gasteiger charge is -2.19. The first-order chi connectivity index (χ1) is 13.0. The number of hydrogen-bond acceptors (Lipinski definition) is 7. The molecule has 7 nitrogen and oxygen atoms in total. The van der Waals surface area contributed by atoms with Gasteiger partial charge in [-0.25, -0.2) is 9.59 Å². The molecule has 1 rings (SSSR count). The zero-order valence-electron chi connectivity index (χ0n) is 17.0. The number of nitrogens with two attached hydrogens (primary N) is 1. The minimum absolute atomic E-state index is 0.0740. The third-order valence-corrected chi connectivity index (χ3v) is 4.59. The van der Waals surface area contributed by atoms with Gasteiger partial charge in [0, 0.05) is 18.8 Å². The molecule has 0 radical (unpaired) electrons. The first-order valence-corrected chi connectivity index (χ1v) is 9.65. The monoisotopic (exact) mass is 379 g/mol. The molecule has 0 saturated carbocycles. The fourth-order valence-corrected chi connectivity index (χ4v) is 2.73. The lowest BCUT2D eigenvalue weighted by Crippen LogP contribution is -2.29. The molecule has 0 heterocycles. The van der Waals surface area contributed by atoms with Crippen LogP contribution < -0.4 is 5.73 Å². The third-order valence-electron chi connectivity index (χ3n) is 4.59. The van der Waals surface area contributed by atoms with Crippen LogP contribution in [0.15, 0.2) is 18.2 Å². The van der Waals surface area contributed by atoms with E-state index < -0.39 is 11.9 Å². The van der Waals surface area contributed by atoms with Crippen LogP contribution in [0.25, 0.3) is 0 Å². The zero-order chi connectivity index (χ0) is 20.2. The van der Waals surface area contributed by atoms with Gasteiger partial charge in [-0.15, -0.1) is 0 Å². The van der Waals surface area contributed by atoms with Crippen LogP contribution in [-0.2, 0) is 9.47 Å². The Morgan fingerprint density at radius 2 is 1.33 bits per heavy atom. The van der Waals surface area contributed by atoms with Crippen LogP contribution in [0.5, 0.6) is 0 Å². The van der Waals surface area contributed by atoms with Crippen LogP contribution in [0, 0.1) is 0 Å². The minimum Gasteiger partial charge on any atom is -0.461 e.